The van der Waals surface area contributed by atoms with E-state index in [0.717, 1.165) is 18.5 Å². The Hall–Kier alpha value is -0.900. The lowest BCUT2D eigenvalue weighted by Gasteiger charge is -2.23. The summed E-state index contributed by atoms with van der Waals surface area (Å²) in [6.45, 7) is 7.99. The average Bonchev–Trinajstić information content (AvgIpc) is 2.34. The summed E-state index contributed by atoms with van der Waals surface area (Å²) in [4.78, 5) is 0. The van der Waals surface area contributed by atoms with Crippen LogP contribution >= 0.6 is 0 Å². The predicted octanol–water partition coefficient (Wildman–Crippen LogP) is 2.30. The largest absolute Gasteiger partial charge is 0.383 e. The van der Waals surface area contributed by atoms with Gasteiger partial charge in [0.15, 0.2) is 0 Å². The molecule has 18 heavy (non-hydrogen) atoms. The van der Waals surface area contributed by atoms with E-state index in [0.29, 0.717) is 19.3 Å². The molecule has 0 aromatic heterocycles. The van der Waals surface area contributed by atoms with Crippen molar-refractivity contribution in [3.63, 3.8) is 0 Å². The number of nitrogens with one attached hydrogen (secondary N) is 1. The van der Waals surface area contributed by atoms with Crippen molar-refractivity contribution < 1.29 is 9.84 Å². The van der Waals surface area contributed by atoms with E-state index in [9.17, 15) is 5.11 Å². The molecular formula is C15H25NO2. The summed E-state index contributed by atoms with van der Waals surface area (Å²) in [6.07, 6.45) is 0.961. The summed E-state index contributed by atoms with van der Waals surface area (Å²) < 4.78 is 5.54. The molecule has 0 fully saturated rings. The summed E-state index contributed by atoms with van der Waals surface area (Å²) in [7, 11) is 0. The van der Waals surface area contributed by atoms with Crippen molar-refractivity contribution in [2.75, 3.05) is 19.8 Å². The van der Waals surface area contributed by atoms with Crippen LogP contribution < -0.4 is 5.32 Å². The van der Waals surface area contributed by atoms with Crippen LogP contribution in [0, 0.1) is 0 Å². The van der Waals surface area contributed by atoms with Crippen molar-refractivity contribution in [3.05, 3.63) is 35.9 Å². The smallest absolute Gasteiger partial charge is 0.110 e. The van der Waals surface area contributed by atoms with Crippen molar-refractivity contribution in [3.8, 4) is 0 Å². The minimum Gasteiger partial charge on any atom is -0.383 e. The van der Waals surface area contributed by atoms with Crippen LogP contribution in [0.1, 0.15) is 32.8 Å². The van der Waals surface area contributed by atoms with Crippen LogP contribution in [-0.4, -0.2) is 30.9 Å². The second kappa shape index (κ2) is 7.52. The number of aliphatic hydroxyl groups is 1. The van der Waals surface area contributed by atoms with E-state index in [1.54, 1.807) is 6.92 Å². The number of benzene rings is 1. The van der Waals surface area contributed by atoms with Crippen LogP contribution in [-0.2, 0) is 10.3 Å². The molecular weight excluding hydrogens is 226 g/mol. The maximum absolute atomic E-state index is 10.3. The fourth-order valence-electron chi connectivity index (χ4n) is 1.72. The molecule has 1 atom stereocenters. The van der Waals surface area contributed by atoms with Gasteiger partial charge in [-0.3, -0.25) is 0 Å². The number of hydrogen-bond acceptors (Lipinski definition) is 3. The van der Waals surface area contributed by atoms with Crippen molar-refractivity contribution >= 4 is 0 Å². The Morgan fingerprint density at radius 1 is 1.28 bits per heavy atom. The Labute approximate surface area is 110 Å². The molecule has 3 heteroatoms. The summed E-state index contributed by atoms with van der Waals surface area (Å²) in [5, 5.41) is 13.6. The molecule has 2 N–H and O–H groups in total. The molecule has 0 aliphatic heterocycles. The van der Waals surface area contributed by atoms with Crippen molar-refractivity contribution in [2.45, 2.75) is 38.8 Å². The maximum atomic E-state index is 10.3. The van der Waals surface area contributed by atoms with E-state index in [-0.39, 0.29) is 0 Å². The number of rotatable bonds is 8. The Morgan fingerprint density at radius 3 is 2.56 bits per heavy atom. The van der Waals surface area contributed by atoms with Gasteiger partial charge in [0, 0.05) is 12.6 Å². The second-order valence-corrected chi connectivity index (χ2v) is 5.15. The molecule has 0 aliphatic carbocycles. The van der Waals surface area contributed by atoms with Crippen molar-refractivity contribution in [1.29, 1.82) is 0 Å². The lowest BCUT2D eigenvalue weighted by atomic mass is 9.97. The monoisotopic (exact) mass is 251 g/mol. The van der Waals surface area contributed by atoms with Gasteiger partial charge in [-0.05, 0) is 25.5 Å². The molecule has 0 bridgehead atoms. The fraction of sp³-hybridized carbons (Fsp3) is 0.600. The van der Waals surface area contributed by atoms with Crippen LogP contribution in [0.5, 0.6) is 0 Å². The minimum atomic E-state index is -0.910. The SMILES string of the molecule is CC(C)NCCCOCC(C)(O)c1ccccc1. The molecule has 0 amide bonds. The van der Waals surface area contributed by atoms with Gasteiger partial charge < -0.3 is 15.2 Å². The highest BCUT2D eigenvalue weighted by Crippen LogP contribution is 2.20. The molecule has 0 saturated heterocycles. The molecule has 1 unspecified atom stereocenters. The highest BCUT2D eigenvalue weighted by atomic mass is 16.5. The summed E-state index contributed by atoms with van der Waals surface area (Å²) >= 11 is 0. The predicted molar refractivity (Wildman–Crippen MR) is 74.6 cm³/mol. The maximum Gasteiger partial charge on any atom is 0.110 e. The summed E-state index contributed by atoms with van der Waals surface area (Å²) in [5.74, 6) is 0. The highest BCUT2D eigenvalue weighted by molar-refractivity contribution is 5.21. The summed E-state index contributed by atoms with van der Waals surface area (Å²) in [6, 6.07) is 10.1. The minimum absolute atomic E-state index is 0.332. The molecule has 0 heterocycles. The van der Waals surface area contributed by atoms with E-state index in [1.807, 2.05) is 30.3 Å². The van der Waals surface area contributed by atoms with Gasteiger partial charge in [0.25, 0.3) is 0 Å². The van der Waals surface area contributed by atoms with E-state index >= 15 is 0 Å². The van der Waals surface area contributed by atoms with Gasteiger partial charge in [0.05, 0.1) is 6.61 Å². The average molecular weight is 251 g/mol. The molecule has 1 rings (SSSR count). The molecule has 0 saturated carbocycles. The first-order valence-corrected chi connectivity index (χ1v) is 6.61. The number of hydrogen-bond donors (Lipinski definition) is 2. The zero-order chi connectivity index (χ0) is 13.4. The molecule has 0 spiro atoms. The van der Waals surface area contributed by atoms with Crippen molar-refractivity contribution in [2.24, 2.45) is 0 Å². The van der Waals surface area contributed by atoms with Gasteiger partial charge in [-0.25, -0.2) is 0 Å². The van der Waals surface area contributed by atoms with Crippen LogP contribution in [0.4, 0.5) is 0 Å². The highest BCUT2D eigenvalue weighted by Gasteiger charge is 2.22. The summed E-state index contributed by atoms with van der Waals surface area (Å²) in [5.41, 5.74) is -0.0162. The van der Waals surface area contributed by atoms with Gasteiger partial charge >= 0.3 is 0 Å². The molecule has 0 aliphatic rings. The lowest BCUT2D eigenvalue weighted by molar-refractivity contribution is -0.0381. The Balaban J connectivity index is 2.22. The molecule has 3 nitrogen and oxygen atoms in total. The Bertz CT molecular complexity index is 323. The van der Waals surface area contributed by atoms with Gasteiger partial charge in [-0.15, -0.1) is 0 Å². The standard InChI is InChI=1S/C15H25NO2/c1-13(2)16-10-7-11-18-12-15(3,17)14-8-5-4-6-9-14/h4-6,8-9,13,16-17H,7,10-12H2,1-3H3. The number of ether oxygens (including phenoxy) is 1. The Morgan fingerprint density at radius 2 is 1.94 bits per heavy atom. The quantitative estimate of drug-likeness (QED) is 0.697. The molecule has 1 aromatic rings. The molecule has 0 radical (unpaired) electrons. The van der Waals surface area contributed by atoms with E-state index in [1.165, 1.54) is 0 Å². The zero-order valence-corrected chi connectivity index (χ0v) is 11.6. The topological polar surface area (TPSA) is 41.5 Å². The van der Waals surface area contributed by atoms with Crippen molar-refractivity contribution in [1.82, 2.24) is 5.32 Å². The lowest BCUT2D eigenvalue weighted by Crippen LogP contribution is -2.29. The third-order valence-electron chi connectivity index (χ3n) is 2.80. The van der Waals surface area contributed by atoms with Crippen LogP contribution in [0.3, 0.4) is 0 Å². The van der Waals surface area contributed by atoms with Gasteiger partial charge in [0.2, 0.25) is 0 Å². The zero-order valence-electron chi connectivity index (χ0n) is 11.6. The van der Waals surface area contributed by atoms with Gasteiger partial charge in [-0.1, -0.05) is 44.2 Å². The normalized spacial score (nSPS) is 14.7. The van der Waals surface area contributed by atoms with E-state index < -0.39 is 5.60 Å². The second-order valence-electron chi connectivity index (χ2n) is 5.15. The van der Waals surface area contributed by atoms with E-state index in [2.05, 4.69) is 19.2 Å². The van der Waals surface area contributed by atoms with Crippen LogP contribution in [0.2, 0.25) is 0 Å². The third-order valence-corrected chi connectivity index (χ3v) is 2.80. The first-order valence-electron chi connectivity index (χ1n) is 6.61. The first kappa shape index (κ1) is 15.2. The first-order chi connectivity index (χ1) is 8.52. The molecule has 102 valence electrons. The third kappa shape index (κ3) is 5.63. The fourth-order valence-corrected chi connectivity index (χ4v) is 1.72. The Kier molecular flexibility index (Phi) is 6.33. The van der Waals surface area contributed by atoms with Gasteiger partial charge in [-0.2, -0.15) is 0 Å². The van der Waals surface area contributed by atoms with E-state index in [4.69, 9.17) is 4.74 Å². The van der Waals surface area contributed by atoms with Gasteiger partial charge in [0.1, 0.15) is 5.60 Å². The van der Waals surface area contributed by atoms with Crippen LogP contribution in [0.25, 0.3) is 0 Å². The van der Waals surface area contributed by atoms with Crippen LogP contribution in [0.15, 0.2) is 30.3 Å². The molecule has 1 aromatic carbocycles.